The van der Waals surface area contributed by atoms with Crippen LogP contribution in [0.2, 0.25) is 5.02 Å². The maximum Gasteiger partial charge on any atom is 0.253 e. The maximum atomic E-state index is 12.7. The zero-order valence-electron chi connectivity index (χ0n) is 15.3. The Morgan fingerprint density at radius 2 is 1.69 bits per heavy atom. The first-order valence-electron chi connectivity index (χ1n) is 9.67. The number of benzene rings is 1. The Kier molecular flexibility index (Phi) is 6.92. The molecule has 2 heterocycles. The van der Waals surface area contributed by atoms with Gasteiger partial charge < -0.3 is 15.1 Å². The topological polar surface area (TPSA) is 52.7 Å². The van der Waals surface area contributed by atoms with E-state index in [1.807, 2.05) is 9.80 Å². The fourth-order valence-electron chi connectivity index (χ4n) is 3.82. The second-order valence-electron chi connectivity index (χ2n) is 7.28. The molecule has 0 bridgehead atoms. The van der Waals surface area contributed by atoms with Crippen LogP contribution in [-0.4, -0.2) is 60.9 Å². The average molecular weight is 378 g/mol. The first kappa shape index (κ1) is 19.2. The highest BCUT2D eigenvalue weighted by Gasteiger charge is 2.24. The number of carbonyl (C=O) groups excluding carboxylic acids is 2. The maximum absolute atomic E-state index is 12.7. The van der Waals surface area contributed by atoms with E-state index in [0.29, 0.717) is 42.6 Å². The molecular formula is C20H28ClN3O2. The van der Waals surface area contributed by atoms with Crippen LogP contribution in [0.4, 0.5) is 0 Å². The highest BCUT2D eigenvalue weighted by atomic mass is 35.5. The molecule has 2 aliphatic rings. The molecule has 1 aromatic rings. The number of carbonyl (C=O) groups is 2. The van der Waals surface area contributed by atoms with E-state index in [0.717, 1.165) is 45.3 Å². The third-order valence-electron chi connectivity index (χ3n) is 5.39. The quantitative estimate of drug-likeness (QED) is 0.881. The summed E-state index contributed by atoms with van der Waals surface area (Å²) in [6, 6.07) is 7.01. The van der Waals surface area contributed by atoms with Gasteiger partial charge >= 0.3 is 0 Å². The molecule has 0 aliphatic carbocycles. The number of nitrogens with one attached hydrogen (secondary N) is 1. The molecule has 2 aliphatic heterocycles. The van der Waals surface area contributed by atoms with Crippen LogP contribution in [0.15, 0.2) is 24.3 Å². The molecule has 142 valence electrons. The molecule has 2 amide bonds. The molecule has 1 aromatic carbocycles. The van der Waals surface area contributed by atoms with Crippen molar-refractivity contribution in [3.05, 3.63) is 34.9 Å². The minimum absolute atomic E-state index is 0.0193. The molecule has 26 heavy (non-hydrogen) atoms. The summed E-state index contributed by atoms with van der Waals surface area (Å²) < 4.78 is 0. The summed E-state index contributed by atoms with van der Waals surface area (Å²) in [5.74, 6) is 0.760. The zero-order chi connectivity index (χ0) is 18.4. The summed E-state index contributed by atoms with van der Waals surface area (Å²) in [6.45, 7) is 4.74. The molecule has 2 saturated heterocycles. The van der Waals surface area contributed by atoms with Crippen molar-refractivity contribution in [2.24, 2.45) is 5.92 Å². The van der Waals surface area contributed by atoms with Crippen LogP contribution < -0.4 is 5.32 Å². The van der Waals surface area contributed by atoms with Crippen LogP contribution in [0.1, 0.15) is 42.5 Å². The van der Waals surface area contributed by atoms with Crippen molar-refractivity contribution in [2.75, 3.05) is 39.3 Å². The minimum Gasteiger partial charge on any atom is -0.341 e. The lowest BCUT2D eigenvalue weighted by Gasteiger charge is -2.24. The van der Waals surface area contributed by atoms with Gasteiger partial charge in [-0.05, 0) is 69.0 Å². The lowest BCUT2D eigenvalue weighted by molar-refractivity contribution is -0.132. The number of hydrogen-bond donors (Lipinski definition) is 1. The fraction of sp³-hybridized carbons (Fsp3) is 0.600. The molecule has 0 aromatic heterocycles. The normalized spacial score (nSPS) is 21.8. The average Bonchev–Trinajstić information content (AvgIpc) is 3.04. The Bertz CT molecular complexity index is 612. The predicted octanol–water partition coefficient (Wildman–Crippen LogP) is 2.79. The van der Waals surface area contributed by atoms with Crippen molar-refractivity contribution in [3.8, 4) is 0 Å². The smallest absolute Gasteiger partial charge is 0.253 e. The van der Waals surface area contributed by atoms with E-state index in [1.165, 1.54) is 0 Å². The highest BCUT2D eigenvalue weighted by Crippen LogP contribution is 2.20. The van der Waals surface area contributed by atoms with E-state index in [1.54, 1.807) is 24.3 Å². The Labute approximate surface area is 160 Å². The lowest BCUT2D eigenvalue weighted by atomic mass is 9.96. The van der Waals surface area contributed by atoms with Crippen LogP contribution in [0.5, 0.6) is 0 Å². The summed E-state index contributed by atoms with van der Waals surface area (Å²) in [5, 5.41) is 4.03. The van der Waals surface area contributed by atoms with Gasteiger partial charge in [0.15, 0.2) is 0 Å². The van der Waals surface area contributed by atoms with Crippen molar-refractivity contribution < 1.29 is 9.59 Å². The molecule has 1 unspecified atom stereocenters. The van der Waals surface area contributed by atoms with E-state index in [9.17, 15) is 9.59 Å². The van der Waals surface area contributed by atoms with Crippen molar-refractivity contribution >= 4 is 23.4 Å². The van der Waals surface area contributed by atoms with Crippen molar-refractivity contribution in [3.63, 3.8) is 0 Å². The van der Waals surface area contributed by atoms with Gasteiger partial charge in [-0.3, -0.25) is 9.59 Å². The molecular weight excluding hydrogens is 350 g/mol. The van der Waals surface area contributed by atoms with Crippen LogP contribution >= 0.6 is 11.6 Å². The SMILES string of the molecule is O=C(CC1CCCNCC1)N1CCCN(C(=O)c2ccc(Cl)cc2)CC1. The van der Waals surface area contributed by atoms with Gasteiger partial charge in [-0.1, -0.05) is 11.6 Å². The molecule has 0 saturated carbocycles. The third kappa shape index (κ3) is 5.21. The largest absolute Gasteiger partial charge is 0.341 e. The number of nitrogens with zero attached hydrogens (tertiary/aromatic N) is 2. The van der Waals surface area contributed by atoms with Crippen LogP contribution in [-0.2, 0) is 4.79 Å². The summed E-state index contributed by atoms with van der Waals surface area (Å²) in [7, 11) is 0. The number of halogens is 1. The molecule has 5 nitrogen and oxygen atoms in total. The Balaban J connectivity index is 1.53. The van der Waals surface area contributed by atoms with Crippen molar-refractivity contribution in [2.45, 2.75) is 32.1 Å². The molecule has 0 radical (unpaired) electrons. The number of amides is 2. The van der Waals surface area contributed by atoms with E-state index >= 15 is 0 Å². The fourth-order valence-corrected chi connectivity index (χ4v) is 3.94. The molecule has 1 N–H and O–H groups in total. The highest BCUT2D eigenvalue weighted by molar-refractivity contribution is 6.30. The van der Waals surface area contributed by atoms with Gasteiger partial charge in [0, 0.05) is 43.2 Å². The van der Waals surface area contributed by atoms with Gasteiger partial charge in [-0.15, -0.1) is 0 Å². The summed E-state index contributed by atoms with van der Waals surface area (Å²) in [6.07, 6.45) is 4.85. The molecule has 3 rings (SSSR count). The van der Waals surface area contributed by atoms with Crippen LogP contribution in [0.25, 0.3) is 0 Å². The van der Waals surface area contributed by atoms with Crippen molar-refractivity contribution in [1.29, 1.82) is 0 Å². The minimum atomic E-state index is 0.0193. The van der Waals surface area contributed by atoms with Gasteiger partial charge in [0.05, 0.1) is 0 Å². The monoisotopic (exact) mass is 377 g/mol. The van der Waals surface area contributed by atoms with E-state index in [2.05, 4.69) is 5.32 Å². The van der Waals surface area contributed by atoms with Crippen LogP contribution in [0, 0.1) is 5.92 Å². The number of rotatable bonds is 3. The van der Waals surface area contributed by atoms with E-state index in [-0.39, 0.29) is 11.8 Å². The Hall–Kier alpha value is -1.59. The molecule has 6 heteroatoms. The van der Waals surface area contributed by atoms with E-state index in [4.69, 9.17) is 11.6 Å². The lowest BCUT2D eigenvalue weighted by Crippen LogP contribution is -2.38. The zero-order valence-corrected chi connectivity index (χ0v) is 16.0. The summed E-state index contributed by atoms with van der Waals surface area (Å²) >= 11 is 5.90. The third-order valence-corrected chi connectivity index (χ3v) is 5.64. The first-order chi connectivity index (χ1) is 12.6. The second kappa shape index (κ2) is 9.38. The van der Waals surface area contributed by atoms with Gasteiger partial charge in [-0.25, -0.2) is 0 Å². The van der Waals surface area contributed by atoms with Crippen molar-refractivity contribution in [1.82, 2.24) is 15.1 Å². The molecule has 1 atom stereocenters. The van der Waals surface area contributed by atoms with Gasteiger partial charge in [0.2, 0.25) is 5.91 Å². The van der Waals surface area contributed by atoms with Gasteiger partial charge in [0.25, 0.3) is 5.91 Å². The Morgan fingerprint density at radius 1 is 0.962 bits per heavy atom. The van der Waals surface area contributed by atoms with E-state index < -0.39 is 0 Å². The molecule has 2 fully saturated rings. The standard InChI is InChI=1S/C20H28ClN3O2/c21-18-6-4-17(5-7-18)20(26)24-12-2-11-23(13-14-24)19(25)15-16-3-1-9-22-10-8-16/h4-7,16,22H,1-3,8-15H2. The van der Waals surface area contributed by atoms with Gasteiger partial charge in [-0.2, -0.15) is 0 Å². The summed E-state index contributed by atoms with van der Waals surface area (Å²) in [4.78, 5) is 29.2. The first-order valence-corrected chi connectivity index (χ1v) is 10.0. The summed E-state index contributed by atoms with van der Waals surface area (Å²) in [5.41, 5.74) is 0.653. The Morgan fingerprint density at radius 3 is 2.50 bits per heavy atom. The second-order valence-corrected chi connectivity index (χ2v) is 7.72. The number of hydrogen-bond acceptors (Lipinski definition) is 3. The van der Waals surface area contributed by atoms with Crippen LogP contribution in [0.3, 0.4) is 0 Å². The predicted molar refractivity (Wildman–Crippen MR) is 103 cm³/mol. The molecule has 0 spiro atoms. The van der Waals surface area contributed by atoms with Gasteiger partial charge in [0.1, 0.15) is 0 Å².